The number of hydrogen-bond donors (Lipinski definition) is 2. The molecule has 7 heteroatoms. The number of nitrogens with zero attached hydrogens (tertiary/aromatic N) is 1. The first kappa shape index (κ1) is 25.8. The lowest BCUT2D eigenvalue weighted by atomic mass is 9.94. The van der Waals surface area contributed by atoms with Gasteiger partial charge in [-0.15, -0.1) is 0 Å². The van der Waals surface area contributed by atoms with E-state index >= 15 is 0 Å². The number of amides is 1. The number of nitrogens with one attached hydrogen (secondary N) is 2. The van der Waals surface area contributed by atoms with Crippen LogP contribution in [0.15, 0.2) is 35.5 Å². The number of hydrogen-bond acceptors (Lipinski definition) is 4. The highest BCUT2D eigenvalue weighted by atomic mass is 32.1. The quantitative estimate of drug-likeness (QED) is 0.265. The SMILES string of the molecule is CCCCCCC(=O)Nc1ccc(C2NC(=S)N(CC)C(C)=C2C(=O)OCC(C)C)cc1. The van der Waals surface area contributed by atoms with Crippen molar-refractivity contribution in [2.45, 2.75) is 72.8 Å². The normalized spacial score (nSPS) is 16.2. The van der Waals surface area contributed by atoms with Crippen LogP contribution in [0.4, 0.5) is 5.69 Å². The fourth-order valence-electron chi connectivity index (χ4n) is 3.69. The van der Waals surface area contributed by atoms with Crippen LogP contribution in [0.3, 0.4) is 0 Å². The van der Waals surface area contributed by atoms with Crippen LogP contribution in [0.2, 0.25) is 0 Å². The van der Waals surface area contributed by atoms with Gasteiger partial charge in [0.1, 0.15) is 0 Å². The Labute approximate surface area is 197 Å². The number of carbonyl (C=O) groups is 2. The summed E-state index contributed by atoms with van der Waals surface area (Å²) in [5.74, 6) is -0.0553. The van der Waals surface area contributed by atoms with Crippen LogP contribution < -0.4 is 10.6 Å². The lowest BCUT2D eigenvalue weighted by Crippen LogP contribution is -2.47. The number of unbranched alkanes of at least 4 members (excludes halogenated alkanes) is 3. The molecule has 2 rings (SSSR count). The van der Waals surface area contributed by atoms with E-state index in [1.807, 2.05) is 56.9 Å². The van der Waals surface area contributed by atoms with Gasteiger partial charge in [0.15, 0.2) is 5.11 Å². The number of rotatable bonds is 11. The second kappa shape index (κ2) is 12.6. The third-order valence-electron chi connectivity index (χ3n) is 5.47. The molecule has 1 heterocycles. The Morgan fingerprint density at radius 2 is 1.84 bits per heavy atom. The van der Waals surface area contributed by atoms with Crippen molar-refractivity contribution in [2.75, 3.05) is 18.5 Å². The molecule has 1 aliphatic rings. The Hall–Kier alpha value is -2.41. The maximum Gasteiger partial charge on any atom is 0.338 e. The van der Waals surface area contributed by atoms with Crippen LogP contribution in [-0.4, -0.2) is 35.0 Å². The molecule has 0 bridgehead atoms. The van der Waals surface area contributed by atoms with Crippen molar-refractivity contribution in [2.24, 2.45) is 5.92 Å². The van der Waals surface area contributed by atoms with E-state index in [1.165, 1.54) is 0 Å². The maximum atomic E-state index is 13.0. The predicted octanol–water partition coefficient (Wildman–Crippen LogP) is 5.32. The summed E-state index contributed by atoms with van der Waals surface area (Å²) >= 11 is 5.54. The summed E-state index contributed by atoms with van der Waals surface area (Å²) in [7, 11) is 0. The summed E-state index contributed by atoms with van der Waals surface area (Å²) in [4.78, 5) is 27.1. The van der Waals surface area contributed by atoms with Crippen molar-refractivity contribution in [3.8, 4) is 0 Å². The molecular weight excluding hydrogens is 422 g/mol. The highest BCUT2D eigenvalue weighted by Gasteiger charge is 2.34. The summed E-state index contributed by atoms with van der Waals surface area (Å²) in [6, 6.07) is 7.16. The van der Waals surface area contributed by atoms with Gasteiger partial charge in [0, 0.05) is 24.4 Å². The molecule has 1 amide bonds. The minimum atomic E-state index is -0.399. The van der Waals surface area contributed by atoms with Gasteiger partial charge in [-0.05, 0) is 56.1 Å². The van der Waals surface area contributed by atoms with Gasteiger partial charge in [-0.2, -0.15) is 0 Å². The van der Waals surface area contributed by atoms with Gasteiger partial charge in [-0.3, -0.25) is 4.79 Å². The average molecular weight is 460 g/mol. The fraction of sp³-hybridized carbons (Fsp3) is 0.560. The first-order valence-corrected chi connectivity index (χ1v) is 12.0. The molecule has 1 aliphatic heterocycles. The number of allylic oxidation sites excluding steroid dienone is 1. The van der Waals surface area contributed by atoms with Crippen LogP contribution in [0.5, 0.6) is 0 Å². The number of anilines is 1. The summed E-state index contributed by atoms with van der Waals surface area (Å²) in [6.07, 6.45) is 4.81. The van der Waals surface area contributed by atoms with Crippen molar-refractivity contribution in [3.05, 3.63) is 41.1 Å². The third-order valence-corrected chi connectivity index (χ3v) is 5.80. The molecule has 0 aliphatic carbocycles. The van der Waals surface area contributed by atoms with Crippen LogP contribution in [-0.2, 0) is 14.3 Å². The number of benzene rings is 1. The van der Waals surface area contributed by atoms with Crippen LogP contribution >= 0.6 is 12.2 Å². The van der Waals surface area contributed by atoms with E-state index in [-0.39, 0.29) is 17.8 Å². The minimum absolute atomic E-state index is 0.0260. The van der Waals surface area contributed by atoms with Crippen molar-refractivity contribution < 1.29 is 14.3 Å². The molecule has 0 aromatic heterocycles. The monoisotopic (exact) mass is 459 g/mol. The van der Waals surface area contributed by atoms with E-state index < -0.39 is 6.04 Å². The second-order valence-electron chi connectivity index (χ2n) is 8.60. The zero-order valence-corrected chi connectivity index (χ0v) is 20.8. The molecule has 1 aromatic rings. The zero-order valence-electron chi connectivity index (χ0n) is 20.0. The van der Waals surface area contributed by atoms with Gasteiger partial charge < -0.3 is 20.3 Å². The molecule has 0 spiro atoms. The van der Waals surface area contributed by atoms with Gasteiger partial charge in [0.05, 0.1) is 18.2 Å². The molecule has 1 unspecified atom stereocenters. The van der Waals surface area contributed by atoms with E-state index in [9.17, 15) is 9.59 Å². The third kappa shape index (κ3) is 7.05. The van der Waals surface area contributed by atoms with E-state index in [0.29, 0.717) is 30.3 Å². The molecule has 0 radical (unpaired) electrons. The smallest absolute Gasteiger partial charge is 0.338 e. The highest BCUT2D eigenvalue weighted by Crippen LogP contribution is 2.32. The summed E-state index contributed by atoms with van der Waals surface area (Å²) in [5.41, 5.74) is 3.00. The molecule has 32 heavy (non-hydrogen) atoms. The van der Waals surface area contributed by atoms with E-state index in [4.69, 9.17) is 17.0 Å². The topological polar surface area (TPSA) is 70.7 Å². The Morgan fingerprint density at radius 3 is 2.44 bits per heavy atom. The first-order valence-electron chi connectivity index (χ1n) is 11.6. The fourth-order valence-corrected chi connectivity index (χ4v) is 4.08. The van der Waals surface area contributed by atoms with Gasteiger partial charge in [0.25, 0.3) is 0 Å². The van der Waals surface area contributed by atoms with Crippen LogP contribution in [0, 0.1) is 5.92 Å². The van der Waals surface area contributed by atoms with Gasteiger partial charge in [-0.25, -0.2) is 4.79 Å². The Bertz CT molecular complexity index is 833. The number of carbonyl (C=O) groups excluding carboxylic acids is 2. The number of ether oxygens (including phenoxy) is 1. The summed E-state index contributed by atoms with van der Waals surface area (Å²) in [5, 5.41) is 6.83. The summed E-state index contributed by atoms with van der Waals surface area (Å²) in [6.45, 7) is 11.1. The van der Waals surface area contributed by atoms with Crippen LogP contribution in [0.1, 0.15) is 78.3 Å². The van der Waals surface area contributed by atoms with E-state index in [2.05, 4.69) is 17.6 Å². The molecule has 176 valence electrons. The molecular formula is C25H37N3O3S. The second-order valence-corrected chi connectivity index (χ2v) is 8.99. The molecule has 0 saturated carbocycles. The van der Waals surface area contributed by atoms with E-state index in [0.717, 1.165) is 42.6 Å². The molecule has 6 nitrogen and oxygen atoms in total. The van der Waals surface area contributed by atoms with Crippen molar-refractivity contribution in [1.82, 2.24) is 10.2 Å². The zero-order chi connectivity index (χ0) is 23.7. The van der Waals surface area contributed by atoms with E-state index in [1.54, 1.807) is 0 Å². The minimum Gasteiger partial charge on any atom is -0.462 e. The van der Waals surface area contributed by atoms with Gasteiger partial charge in [0.2, 0.25) is 5.91 Å². The Kier molecular flexibility index (Phi) is 10.2. The van der Waals surface area contributed by atoms with Crippen molar-refractivity contribution >= 4 is 34.9 Å². The average Bonchev–Trinajstić information content (AvgIpc) is 2.75. The van der Waals surface area contributed by atoms with Gasteiger partial charge >= 0.3 is 5.97 Å². The molecule has 0 saturated heterocycles. The Balaban J connectivity index is 2.18. The summed E-state index contributed by atoms with van der Waals surface area (Å²) < 4.78 is 5.56. The lowest BCUT2D eigenvalue weighted by Gasteiger charge is -2.37. The largest absolute Gasteiger partial charge is 0.462 e. The van der Waals surface area contributed by atoms with Crippen molar-refractivity contribution in [1.29, 1.82) is 0 Å². The number of esters is 1. The molecule has 1 atom stereocenters. The first-order chi connectivity index (χ1) is 15.3. The Morgan fingerprint density at radius 1 is 1.16 bits per heavy atom. The van der Waals surface area contributed by atoms with Crippen molar-refractivity contribution in [3.63, 3.8) is 0 Å². The highest BCUT2D eigenvalue weighted by molar-refractivity contribution is 7.80. The maximum absolute atomic E-state index is 13.0. The molecule has 1 aromatic carbocycles. The molecule has 2 N–H and O–H groups in total. The lowest BCUT2D eigenvalue weighted by molar-refractivity contribution is -0.140. The predicted molar refractivity (Wildman–Crippen MR) is 133 cm³/mol. The standard InChI is InChI=1S/C25H37N3O3S/c1-6-8-9-10-11-21(29)26-20-14-12-19(13-15-20)23-22(24(30)31-16-17(3)4)18(5)28(7-2)25(32)27-23/h12-15,17,23H,6-11,16H2,1-5H3,(H,26,29)(H,27,32). The van der Waals surface area contributed by atoms with Crippen LogP contribution in [0.25, 0.3) is 0 Å². The van der Waals surface area contributed by atoms with Gasteiger partial charge in [-0.1, -0.05) is 52.2 Å². The molecule has 0 fully saturated rings. The number of thiocarbonyl (C=S) groups is 1.